The maximum Gasteiger partial charge on any atom is 0.281 e. The topological polar surface area (TPSA) is 66.2 Å². The highest BCUT2D eigenvalue weighted by molar-refractivity contribution is 6.04. The van der Waals surface area contributed by atoms with E-state index in [0.29, 0.717) is 16.3 Å². The predicted molar refractivity (Wildman–Crippen MR) is 105 cm³/mol. The Kier molecular flexibility index (Phi) is 5.53. The summed E-state index contributed by atoms with van der Waals surface area (Å²) in [5.74, 6) is -0.470. The molecule has 1 saturated heterocycles. The molecule has 2 heterocycles. The molecule has 1 N–H and O–H groups in total. The lowest BCUT2D eigenvalue weighted by atomic mass is 10.1. The quantitative estimate of drug-likeness (QED) is 0.540. The molecule has 1 aliphatic rings. The van der Waals surface area contributed by atoms with Crippen molar-refractivity contribution in [2.75, 3.05) is 31.4 Å². The summed E-state index contributed by atoms with van der Waals surface area (Å²) in [7, 11) is 0. The molecule has 0 bridgehead atoms. The smallest absolute Gasteiger partial charge is 0.281 e. The Labute approximate surface area is 163 Å². The van der Waals surface area contributed by atoms with E-state index in [-0.39, 0.29) is 0 Å². The molecule has 6 heteroatoms. The van der Waals surface area contributed by atoms with Gasteiger partial charge in [-0.1, -0.05) is 24.3 Å². The second kappa shape index (κ2) is 8.39. The molecule has 4 rings (SSSR count). The number of hydroxylamine groups is 1. The standard InChI is InChI=1S/C22H22N2O4/c25-22(18-6-4-17(5-7-18)15-23-9-12-27-13-10-23)24(26)21-3-1-2-19(14-21)20-8-11-28-16-20/h1-8,11,14,16,26H,9-10,12-13,15H2. The Morgan fingerprint density at radius 2 is 1.82 bits per heavy atom. The van der Waals surface area contributed by atoms with Crippen LogP contribution in [0.15, 0.2) is 71.5 Å². The summed E-state index contributed by atoms with van der Waals surface area (Å²) in [6.07, 6.45) is 3.21. The van der Waals surface area contributed by atoms with Crippen molar-refractivity contribution in [3.05, 3.63) is 78.3 Å². The first-order chi connectivity index (χ1) is 13.7. The van der Waals surface area contributed by atoms with Gasteiger partial charge in [-0.25, -0.2) is 0 Å². The van der Waals surface area contributed by atoms with Crippen LogP contribution in [0.2, 0.25) is 0 Å². The van der Waals surface area contributed by atoms with E-state index < -0.39 is 5.91 Å². The maximum absolute atomic E-state index is 12.7. The third-order valence-electron chi connectivity index (χ3n) is 4.85. The van der Waals surface area contributed by atoms with Gasteiger partial charge in [-0.2, -0.15) is 5.06 Å². The van der Waals surface area contributed by atoms with Gasteiger partial charge in [0.2, 0.25) is 0 Å². The fraction of sp³-hybridized carbons (Fsp3) is 0.227. The van der Waals surface area contributed by atoms with Crippen LogP contribution in [0.25, 0.3) is 11.1 Å². The van der Waals surface area contributed by atoms with Crippen molar-refractivity contribution in [1.82, 2.24) is 4.90 Å². The second-order valence-electron chi connectivity index (χ2n) is 6.76. The minimum absolute atomic E-state index is 0.404. The van der Waals surface area contributed by atoms with E-state index in [2.05, 4.69) is 4.90 Å². The number of anilines is 1. The lowest BCUT2D eigenvalue weighted by molar-refractivity contribution is 0.0342. The summed E-state index contributed by atoms with van der Waals surface area (Å²) >= 11 is 0. The van der Waals surface area contributed by atoms with Gasteiger partial charge in [0.1, 0.15) is 0 Å². The Hall–Kier alpha value is -2.93. The van der Waals surface area contributed by atoms with E-state index >= 15 is 0 Å². The van der Waals surface area contributed by atoms with Crippen LogP contribution >= 0.6 is 0 Å². The molecular formula is C22H22N2O4. The molecule has 144 valence electrons. The molecule has 0 unspecified atom stereocenters. The highest BCUT2D eigenvalue weighted by atomic mass is 16.5. The van der Waals surface area contributed by atoms with Gasteiger partial charge in [0.25, 0.3) is 5.91 Å². The summed E-state index contributed by atoms with van der Waals surface area (Å²) in [4.78, 5) is 15.0. The zero-order valence-corrected chi connectivity index (χ0v) is 15.5. The maximum atomic E-state index is 12.7. The summed E-state index contributed by atoms with van der Waals surface area (Å²) < 4.78 is 10.5. The SMILES string of the molecule is O=C(c1ccc(CN2CCOCC2)cc1)N(O)c1cccc(-c2ccoc2)c1. The molecule has 0 atom stereocenters. The number of benzene rings is 2. The van der Waals surface area contributed by atoms with Crippen molar-refractivity contribution in [1.29, 1.82) is 0 Å². The Morgan fingerprint density at radius 3 is 2.54 bits per heavy atom. The van der Waals surface area contributed by atoms with Crippen LogP contribution in [0.1, 0.15) is 15.9 Å². The summed E-state index contributed by atoms with van der Waals surface area (Å²) in [5.41, 5.74) is 3.71. The Bertz CT molecular complexity index is 916. The van der Waals surface area contributed by atoms with E-state index in [1.165, 1.54) is 0 Å². The number of hydrogen-bond donors (Lipinski definition) is 1. The summed E-state index contributed by atoms with van der Waals surface area (Å²) in [6.45, 7) is 4.17. The molecule has 3 aromatic rings. The molecule has 0 spiro atoms. The van der Waals surface area contributed by atoms with Crippen molar-refractivity contribution in [2.45, 2.75) is 6.54 Å². The van der Waals surface area contributed by atoms with Gasteiger partial charge in [-0.3, -0.25) is 14.9 Å². The second-order valence-corrected chi connectivity index (χ2v) is 6.76. The number of nitrogens with zero attached hydrogens (tertiary/aromatic N) is 2. The minimum atomic E-state index is -0.470. The molecule has 0 saturated carbocycles. The molecule has 0 aliphatic carbocycles. The van der Waals surface area contributed by atoms with Crippen LogP contribution in [0, 0.1) is 0 Å². The van der Waals surface area contributed by atoms with E-state index in [9.17, 15) is 10.0 Å². The van der Waals surface area contributed by atoms with Gasteiger partial charge >= 0.3 is 0 Å². The molecule has 28 heavy (non-hydrogen) atoms. The number of ether oxygens (including phenoxy) is 1. The van der Waals surface area contributed by atoms with Gasteiger partial charge in [0.15, 0.2) is 0 Å². The molecule has 1 aliphatic heterocycles. The first-order valence-corrected chi connectivity index (χ1v) is 9.26. The number of carbonyl (C=O) groups excluding carboxylic acids is 1. The van der Waals surface area contributed by atoms with Crippen LogP contribution in [0.3, 0.4) is 0 Å². The van der Waals surface area contributed by atoms with E-state index in [1.807, 2.05) is 24.3 Å². The summed E-state index contributed by atoms with van der Waals surface area (Å²) in [5, 5.41) is 11.1. The van der Waals surface area contributed by atoms with Gasteiger partial charge in [0.05, 0.1) is 31.4 Å². The fourth-order valence-electron chi connectivity index (χ4n) is 3.26. The Morgan fingerprint density at radius 1 is 1.04 bits per heavy atom. The highest BCUT2D eigenvalue weighted by Crippen LogP contribution is 2.25. The van der Waals surface area contributed by atoms with Crippen LogP contribution < -0.4 is 5.06 Å². The van der Waals surface area contributed by atoms with Gasteiger partial charge in [-0.05, 0) is 41.5 Å². The first-order valence-electron chi connectivity index (χ1n) is 9.26. The van der Waals surface area contributed by atoms with Crippen molar-refractivity contribution < 1.29 is 19.2 Å². The third kappa shape index (κ3) is 4.14. The lowest BCUT2D eigenvalue weighted by Crippen LogP contribution is -2.35. The van der Waals surface area contributed by atoms with E-state index in [1.54, 1.807) is 42.9 Å². The largest absolute Gasteiger partial charge is 0.472 e. The summed E-state index contributed by atoms with van der Waals surface area (Å²) in [6, 6.07) is 16.3. The number of amides is 1. The number of carbonyl (C=O) groups is 1. The van der Waals surface area contributed by atoms with Crippen molar-refractivity contribution in [2.24, 2.45) is 0 Å². The van der Waals surface area contributed by atoms with E-state index in [4.69, 9.17) is 9.15 Å². The third-order valence-corrected chi connectivity index (χ3v) is 4.85. The molecule has 6 nitrogen and oxygen atoms in total. The molecule has 1 fully saturated rings. The van der Waals surface area contributed by atoms with Crippen molar-refractivity contribution in [3.63, 3.8) is 0 Å². The molecular weight excluding hydrogens is 356 g/mol. The van der Waals surface area contributed by atoms with Gasteiger partial charge < -0.3 is 9.15 Å². The van der Waals surface area contributed by atoms with Crippen LogP contribution in [-0.4, -0.2) is 42.3 Å². The van der Waals surface area contributed by atoms with Crippen molar-refractivity contribution in [3.8, 4) is 11.1 Å². The van der Waals surface area contributed by atoms with Crippen LogP contribution in [0.5, 0.6) is 0 Å². The normalized spacial score (nSPS) is 14.8. The van der Waals surface area contributed by atoms with Gasteiger partial charge in [0, 0.05) is 30.8 Å². The van der Waals surface area contributed by atoms with Crippen LogP contribution in [0.4, 0.5) is 5.69 Å². The van der Waals surface area contributed by atoms with Crippen LogP contribution in [-0.2, 0) is 11.3 Å². The number of morpholine rings is 1. The molecule has 1 aromatic heterocycles. The number of hydrogen-bond acceptors (Lipinski definition) is 5. The average Bonchev–Trinajstić information content (AvgIpc) is 3.29. The molecule has 2 aromatic carbocycles. The zero-order valence-electron chi connectivity index (χ0n) is 15.5. The molecule has 0 radical (unpaired) electrons. The molecule has 1 amide bonds. The van der Waals surface area contributed by atoms with E-state index in [0.717, 1.165) is 49.5 Å². The number of rotatable bonds is 5. The predicted octanol–water partition coefficient (Wildman–Crippen LogP) is 3.81. The van der Waals surface area contributed by atoms with Crippen molar-refractivity contribution >= 4 is 11.6 Å². The number of furan rings is 1. The Balaban J connectivity index is 1.45. The monoisotopic (exact) mass is 378 g/mol. The zero-order chi connectivity index (χ0) is 19.3. The first kappa shape index (κ1) is 18.4. The minimum Gasteiger partial charge on any atom is -0.472 e. The fourth-order valence-corrected chi connectivity index (χ4v) is 3.26. The lowest BCUT2D eigenvalue weighted by Gasteiger charge is -2.26. The highest BCUT2D eigenvalue weighted by Gasteiger charge is 2.17. The van der Waals surface area contributed by atoms with Gasteiger partial charge in [-0.15, -0.1) is 0 Å². The average molecular weight is 378 g/mol.